The second kappa shape index (κ2) is 6.00. The van der Waals surface area contributed by atoms with E-state index in [2.05, 4.69) is 33.8 Å². The highest BCUT2D eigenvalue weighted by molar-refractivity contribution is 5.95. The number of hydrogen-bond acceptors (Lipinski definition) is 1. The summed E-state index contributed by atoms with van der Waals surface area (Å²) in [6, 6.07) is 6.15. The van der Waals surface area contributed by atoms with Gasteiger partial charge in [-0.25, -0.2) is 0 Å². The third-order valence-corrected chi connectivity index (χ3v) is 2.89. The summed E-state index contributed by atoms with van der Waals surface area (Å²) >= 11 is 0. The molecule has 0 radical (unpaired) electrons. The van der Waals surface area contributed by atoms with Crippen LogP contribution in [0.3, 0.4) is 0 Å². The zero-order valence-corrected chi connectivity index (χ0v) is 11.7. The van der Waals surface area contributed by atoms with Gasteiger partial charge in [-0.1, -0.05) is 45.9 Å². The van der Waals surface area contributed by atoms with Gasteiger partial charge < -0.3 is 0 Å². The topological polar surface area (TPSA) is 17.1 Å². The highest BCUT2D eigenvalue weighted by atomic mass is 16.1. The van der Waals surface area contributed by atoms with Crippen molar-refractivity contribution in [3.8, 4) is 0 Å². The molecule has 0 aliphatic carbocycles. The quantitative estimate of drug-likeness (QED) is 0.692. The second-order valence-electron chi connectivity index (χ2n) is 5.70. The summed E-state index contributed by atoms with van der Waals surface area (Å²) in [5.74, 6) is 1.40. The minimum absolute atomic E-state index is 0.186. The molecule has 94 valence electrons. The molecule has 0 heterocycles. The van der Waals surface area contributed by atoms with E-state index in [-0.39, 0.29) is 5.78 Å². The number of Topliss-reactive ketones (excluding diaryl/α,β-unsaturated/α-hetero) is 1. The van der Waals surface area contributed by atoms with Crippen LogP contribution in [0.5, 0.6) is 0 Å². The predicted molar refractivity (Wildman–Crippen MR) is 73.5 cm³/mol. The fourth-order valence-corrected chi connectivity index (χ4v) is 2.24. The number of benzene rings is 1. The maximum Gasteiger partial charge on any atom is 0.160 e. The maximum absolute atomic E-state index is 11.7. The van der Waals surface area contributed by atoms with E-state index in [1.807, 2.05) is 12.1 Å². The zero-order chi connectivity index (χ0) is 13.0. The molecule has 0 amide bonds. The van der Waals surface area contributed by atoms with E-state index in [0.29, 0.717) is 11.8 Å². The fourth-order valence-electron chi connectivity index (χ4n) is 2.24. The van der Waals surface area contributed by atoms with Crippen LogP contribution in [0.15, 0.2) is 18.2 Å². The third-order valence-electron chi connectivity index (χ3n) is 2.89. The number of carbonyl (C=O) groups excluding carboxylic acids is 1. The van der Waals surface area contributed by atoms with Crippen molar-refractivity contribution in [3.05, 3.63) is 34.9 Å². The molecule has 0 aliphatic rings. The number of hydrogen-bond donors (Lipinski definition) is 0. The van der Waals surface area contributed by atoms with Crippen LogP contribution in [0, 0.1) is 11.8 Å². The van der Waals surface area contributed by atoms with Gasteiger partial charge in [0.2, 0.25) is 0 Å². The molecule has 1 heteroatoms. The largest absolute Gasteiger partial charge is 0.295 e. The van der Waals surface area contributed by atoms with Crippen LogP contribution in [0.4, 0.5) is 0 Å². The molecule has 0 atom stereocenters. The number of rotatable bonds is 5. The molecule has 0 saturated heterocycles. The van der Waals surface area contributed by atoms with Gasteiger partial charge in [-0.05, 0) is 42.7 Å². The lowest BCUT2D eigenvalue weighted by atomic mass is 9.88. The third kappa shape index (κ3) is 3.99. The van der Waals surface area contributed by atoms with E-state index >= 15 is 0 Å². The van der Waals surface area contributed by atoms with Gasteiger partial charge in [0.1, 0.15) is 0 Å². The lowest BCUT2D eigenvalue weighted by Crippen LogP contribution is -2.09. The van der Waals surface area contributed by atoms with Crippen molar-refractivity contribution >= 4 is 5.78 Å². The van der Waals surface area contributed by atoms with Crippen LogP contribution in [0.1, 0.15) is 56.1 Å². The van der Waals surface area contributed by atoms with Gasteiger partial charge in [0, 0.05) is 5.56 Å². The summed E-state index contributed by atoms with van der Waals surface area (Å²) < 4.78 is 0. The van der Waals surface area contributed by atoms with Gasteiger partial charge >= 0.3 is 0 Å². The van der Waals surface area contributed by atoms with Gasteiger partial charge in [0.15, 0.2) is 5.78 Å². The van der Waals surface area contributed by atoms with Crippen LogP contribution in [-0.2, 0) is 12.8 Å². The Hall–Kier alpha value is -1.11. The summed E-state index contributed by atoms with van der Waals surface area (Å²) in [6.45, 7) is 10.5. The van der Waals surface area contributed by atoms with Gasteiger partial charge in [0.25, 0.3) is 0 Å². The van der Waals surface area contributed by atoms with Crippen molar-refractivity contribution in [1.82, 2.24) is 0 Å². The van der Waals surface area contributed by atoms with Gasteiger partial charge in [-0.2, -0.15) is 0 Å². The molecule has 1 aromatic rings. The molecule has 0 spiro atoms. The van der Waals surface area contributed by atoms with Crippen molar-refractivity contribution in [1.29, 1.82) is 0 Å². The molecular weight excluding hydrogens is 208 g/mol. The molecule has 0 bridgehead atoms. The Bertz CT molecular complexity index is 389. The molecule has 0 unspecified atom stereocenters. The molecule has 0 saturated carbocycles. The van der Waals surface area contributed by atoms with E-state index in [4.69, 9.17) is 0 Å². The Labute approximate surface area is 105 Å². The van der Waals surface area contributed by atoms with Crippen LogP contribution < -0.4 is 0 Å². The van der Waals surface area contributed by atoms with E-state index in [1.54, 1.807) is 6.92 Å². The lowest BCUT2D eigenvalue weighted by Gasteiger charge is -2.16. The molecule has 1 aromatic carbocycles. The van der Waals surface area contributed by atoms with Crippen LogP contribution >= 0.6 is 0 Å². The highest BCUT2D eigenvalue weighted by Crippen LogP contribution is 2.22. The predicted octanol–water partition coefficient (Wildman–Crippen LogP) is 4.29. The van der Waals surface area contributed by atoms with Crippen molar-refractivity contribution in [2.24, 2.45) is 11.8 Å². The summed E-state index contributed by atoms with van der Waals surface area (Å²) in [6.07, 6.45) is 2.06. The zero-order valence-electron chi connectivity index (χ0n) is 11.7. The highest BCUT2D eigenvalue weighted by Gasteiger charge is 2.13. The standard InChI is InChI=1S/C16H24O/c1-11(2)9-14-7-6-8-15(13(5)17)16(14)10-12(3)4/h6-8,11-12H,9-10H2,1-5H3. The van der Waals surface area contributed by atoms with Crippen LogP contribution in [0.25, 0.3) is 0 Å². The minimum atomic E-state index is 0.186. The SMILES string of the molecule is CC(=O)c1cccc(CC(C)C)c1CC(C)C. The first-order chi connectivity index (χ1) is 7.91. The van der Waals surface area contributed by atoms with Crippen molar-refractivity contribution in [3.63, 3.8) is 0 Å². The Morgan fingerprint density at radius 1 is 1.06 bits per heavy atom. The van der Waals surface area contributed by atoms with E-state index in [0.717, 1.165) is 18.4 Å². The molecule has 1 nitrogen and oxygen atoms in total. The average Bonchev–Trinajstić information content (AvgIpc) is 2.18. The molecule has 17 heavy (non-hydrogen) atoms. The Balaban J connectivity index is 3.18. The molecule has 0 fully saturated rings. The molecule has 0 aliphatic heterocycles. The van der Waals surface area contributed by atoms with Crippen molar-refractivity contribution < 1.29 is 4.79 Å². The summed E-state index contributed by atoms with van der Waals surface area (Å²) in [5, 5.41) is 0. The van der Waals surface area contributed by atoms with Gasteiger partial charge in [-0.15, -0.1) is 0 Å². The first-order valence-corrected chi connectivity index (χ1v) is 6.53. The normalized spacial score (nSPS) is 11.2. The van der Waals surface area contributed by atoms with Crippen molar-refractivity contribution in [2.75, 3.05) is 0 Å². The minimum Gasteiger partial charge on any atom is -0.295 e. The monoisotopic (exact) mass is 232 g/mol. The van der Waals surface area contributed by atoms with Crippen molar-refractivity contribution in [2.45, 2.75) is 47.5 Å². The average molecular weight is 232 g/mol. The number of ketones is 1. The molecule has 0 N–H and O–H groups in total. The molecule has 0 aromatic heterocycles. The number of carbonyl (C=O) groups is 1. The summed E-state index contributed by atoms with van der Waals surface area (Å²) in [4.78, 5) is 11.7. The van der Waals surface area contributed by atoms with Crippen LogP contribution in [0.2, 0.25) is 0 Å². The first-order valence-electron chi connectivity index (χ1n) is 6.53. The molecule has 1 rings (SSSR count). The van der Waals surface area contributed by atoms with E-state index in [1.165, 1.54) is 11.1 Å². The maximum atomic E-state index is 11.7. The first kappa shape index (κ1) is 14.0. The molecular formula is C16H24O. The Kier molecular flexibility index (Phi) is 4.92. The fraction of sp³-hybridized carbons (Fsp3) is 0.562. The van der Waals surface area contributed by atoms with E-state index in [9.17, 15) is 4.79 Å². The Morgan fingerprint density at radius 3 is 2.12 bits per heavy atom. The smallest absolute Gasteiger partial charge is 0.160 e. The summed E-state index contributed by atoms with van der Waals surface area (Å²) in [7, 11) is 0. The lowest BCUT2D eigenvalue weighted by molar-refractivity contribution is 0.101. The summed E-state index contributed by atoms with van der Waals surface area (Å²) in [5.41, 5.74) is 3.53. The van der Waals surface area contributed by atoms with Gasteiger partial charge in [-0.3, -0.25) is 4.79 Å². The van der Waals surface area contributed by atoms with E-state index < -0.39 is 0 Å². The Morgan fingerprint density at radius 2 is 1.65 bits per heavy atom. The second-order valence-corrected chi connectivity index (χ2v) is 5.70. The van der Waals surface area contributed by atoms with Crippen LogP contribution in [-0.4, -0.2) is 5.78 Å². The van der Waals surface area contributed by atoms with Gasteiger partial charge in [0.05, 0.1) is 0 Å².